The van der Waals surface area contributed by atoms with Crippen LogP contribution in [0.5, 0.6) is 0 Å². The van der Waals surface area contributed by atoms with E-state index in [9.17, 15) is 0 Å². The SMILES string of the molecule is CCCn1c(C2COCC2NC)nc2cc(C)ccc21. The standard InChI is InChI=1S/C16H23N3O/c1-4-7-19-15-6-5-11(2)8-13(15)18-16(19)12-9-20-10-14(12)17-3/h5-6,8,12,14,17H,4,7,9-10H2,1-3H3. The summed E-state index contributed by atoms with van der Waals surface area (Å²) in [6.45, 7) is 6.88. The Bertz CT molecular complexity index is 605. The number of aromatic nitrogens is 2. The second-order valence-electron chi connectivity index (χ2n) is 5.65. The molecule has 108 valence electrons. The molecule has 3 rings (SSSR count). The van der Waals surface area contributed by atoms with Crippen LogP contribution in [0.2, 0.25) is 0 Å². The summed E-state index contributed by atoms with van der Waals surface area (Å²) in [7, 11) is 2.00. The van der Waals surface area contributed by atoms with E-state index < -0.39 is 0 Å². The van der Waals surface area contributed by atoms with Crippen LogP contribution in [-0.2, 0) is 11.3 Å². The molecule has 0 aliphatic carbocycles. The van der Waals surface area contributed by atoms with Crippen LogP contribution in [0.4, 0.5) is 0 Å². The first kappa shape index (κ1) is 13.6. The Hall–Kier alpha value is -1.39. The van der Waals surface area contributed by atoms with Gasteiger partial charge in [0.25, 0.3) is 0 Å². The molecule has 2 unspecified atom stereocenters. The number of ether oxygens (including phenoxy) is 1. The second-order valence-corrected chi connectivity index (χ2v) is 5.65. The van der Waals surface area contributed by atoms with Crippen molar-refractivity contribution in [2.45, 2.75) is 38.8 Å². The number of benzene rings is 1. The Balaban J connectivity index is 2.11. The summed E-state index contributed by atoms with van der Waals surface area (Å²) in [5, 5.41) is 3.36. The quantitative estimate of drug-likeness (QED) is 0.930. The summed E-state index contributed by atoms with van der Waals surface area (Å²) >= 11 is 0. The third-order valence-electron chi connectivity index (χ3n) is 4.16. The Morgan fingerprint density at radius 2 is 2.25 bits per heavy atom. The molecule has 1 aliphatic rings. The van der Waals surface area contributed by atoms with E-state index in [1.54, 1.807) is 0 Å². The fourth-order valence-corrected chi connectivity index (χ4v) is 3.09. The van der Waals surface area contributed by atoms with Crippen molar-refractivity contribution in [1.82, 2.24) is 14.9 Å². The normalized spacial score (nSPS) is 22.8. The minimum atomic E-state index is 0.347. The lowest BCUT2D eigenvalue weighted by atomic mass is 10.0. The summed E-state index contributed by atoms with van der Waals surface area (Å²) in [6, 6.07) is 6.90. The molecule has 4 heteroatoms. The van der Waals surface area contributed by atoms with Crippen molar-refractivity contribution in [3.05, 3.63) is 29.6 Å². The maximum absolute atomic E-state index is 5.65. The fraction of sp³-hybridized carbons (Fsp3) is 0.562. The van der Waals surface area contributed by atoms with Crippen molar-refractivity contribution in [3.63, 3.8) is 0 Å². The van der Waals surface area contributed by atoms with Gasteiger partial charge in [-0.2, -0.15) is 0 Å². The monoisotopic (exact) mass is 273 g/mol. The maximum atomic E-state index is 5.65. The van der Waals surface area contributed by atoms with Gasteiger partial charge >= 0.3 is 0 Å². The molecule has 1 N–H and O–H groups in total. The number of hydrogen-bond acceptors (Lipinski definition) is 3. The van der Waals surface area contributed by atoms with Crippen LogP contribution >= 0.6 is 0 Å². The lowest BCUT2D eigenvalue weighted by molar-refractivity contribution is 0.187. The molecule has 4 nitrogen and oxygen atoms in total. The molecule has 0 radical (unpaired) electrons. The van der Waals surface area contributed by atoms with Crippen LogP contribution in [0.15, 0.2) is 18.2 Å². The Kier molecular flexibility index (Phi) is 3.76. The molecule has 2 aromatic rings. The number of rotatable bonds is 4. The summed E-state index contributed by atoms with van der Waals surface area (Å²) in [5.41, 5.74) is 3.61. The molecule has 0 amide bonds. The third kappa shape index (κ3) is 2.23. The number of hydrogen-bond donors (Lipinski definition) is 1. The topological polar surface area (TPSA) is 39.1 Å². The van der Waals surface area contributed by atoms with Crippen molar-refractivity contribution >= 4 is 11.0 Å². The molecule has 20 heavy (non-hydrogen) atoms. The Morgan fingerprint density at radius 1 is 1.40 bits per heavy atom. The van der Waals surface area contributed by atoms with Gasteiger partial charge in [-0.3, -0.25) is 0 Å². The summed E-state index contributed by atoms with van der Waals surface area (Å²) < 4.78 is 8.03. The number of imidazole rings is 1. The first-order valence-corrected chi connectivity index (χ1v) is 7.46. The molecule has 1 fully saturated rings. The van der Waals surface area contributed by atoms with Crippen molar-refractivity contribution < 1.29 is 4.74 Å². The predicted molar refractivity (Wildman–Crippen MR) is 81.2 cm³/mol. The molecule has 1 aliphatic heterocycles. The lowest BCUT2D eigenvalue weighted by Crippen LogP contribution is -2.32. The van der Waals surface area contributed by atoms with Gasteiger partial charge in [-0.1, -0.05) is 13.0 Å². The molecule has 2 heterocycles. The first-order chi connectivity index (χ1) is 9.74. The van der Waals surface area contributed by atoms with Gasteiger partial charge in [0.1, 0.15) is 5.82 Å². The van der Waals surface area contributed by atoms with E-state index in [4.69, 9.17) is 9.72 Å². The van der Waals surface area contributed by atoms with Gasteiger partial charge in [0, 0.05) is 12.6 Å². The van der Waals surface area contributed by atoms with Gasteiger partial charge in [-0.15, -0.1) is 0 Å². The molecule has 0 saturated carbocycles. The van der Waals surface area contributed by atoms with Crippen LogP contribution in [-0.4, -0.2) is 35.9 Å². The zero-order chi connectivity index (χ0) is 14.1. The Morgan fingerprint density at radius 3 is 3.00 bits per heavy atom. The molecule has 1 aromatic carbocycles. The highest BCUT2D eigenvalue weighted by atomic mass is 16.5. The van der Waals surface area contributed by atoms with E-state index in [-0.39, 0.29) is 0 Å². The fourth-order valence-electron chi connectivity index (χ4n) is 3.09. The molecule has 0 bridgehead atoms. The van der Waals surface area contributed by atoms with Gasteiger partial charge in [0.2, 0.25) is 0 Å². The van der Waals surface area contributed by atoms with Crippen molar-refractivity contribution in [1.29, 1.82) is 0 Å². The highest BCUT2D eigenvalue weighted by Gasteiger charge is 2.32. The number of nitrogens with one attached hydrogen (secondary N) is 1. The van der Waals surface area contributed by atoms with Crippen LogP contribution in [0.25, 0.3) is 11.0 Å². The van der Waals surface area contributed by atoms with Gasteiger partial charge in [0.05, 0.1) is 30.2 Å². The van der Waals surface area contributed by atoms with Gasteiger partial charge in [-0.05, 0) is 38.1 Å². The van der Waals surface area contributed by atoms with E-state index >= 15 is 0 Å². The molecule has 1 aromatic heterocycles. The van der Waals surface area contributed by atoms with E-state index in [1.807, 2.05) is 7.05 Å². The predicted octanol–water partition coefficient (Wildman–Crippen LogP) is 2.46. The highest BCUT2D eigenvalue weighted by Crippen LogP contribution is 2.29. The molecular weight excluding hydrogens is 250 g/mol. The molecule has 2 atom stereocenters. The van der Waals surface area contributed by atoms with Crippen molar-refractivity contribution in [2.75, 3.05) is 20.3 Å². The average molecular weight is 273 g/mol. The van der Waals surface area contributed by atoms with Crippen LogP contribution in [0, 0.1) is 6.92 Å². The lowest BCUT2D eigenvalue weighted by Gasteiger charge is -2.18. The van der Waals surface area contributed by atoms with E-state index in [2.05, 4.69) is 41.9 Å². The summed E-state index contributed by atoms with van der Waals surface area (Å²) in [5.74, 6) is 1.52. The van der Waals surface area contributed by atoms with Gasteiger partial charge < -0.3 is 14.6 Å². The average Bonchev–Trinajstić information content (AvgIpc) is 3.03. The van der Waals surface area contributed by atoms with Crippen molar-refractivity contribution in [2.24, 2.45) is 0 Å². The third-order valence-corrected chi connectivity index (χ3v) is 4.16. The summed E-state index contributed by atoms with van der Waals surface area (Å²) in [6.07, 6.45) is 1.12. The second kappa shape index (κ2) is 5.54. The van der Waals surface area contributed by atoms with E-state index in [1.165, 1.54) is 16.9 Å². The molecule has 1 saturated heterocycles. The van der Waals surface area contributed by atoms with Crippen LogP contribution in [0.3, 0.4) is 0 Å². The minimum absolute atomic E-state index is 0.347. The smallest absolute Gasteiger partial charge is 0.116 e. The number of nitrogens with zero attached hydrogens (tertiary/aromatic N) is 2. The van der Waals surface area contributed by atoms with E-state index in [0.717, 1.165) is 31.7 Å². The van der Waals surface area contributed by atoms with Crippen LogP contribution in [0.1, 0.15) is 30.7 Å². The zero-order valence-electron chi connectivity index (χ0n) is 12.5. The summed E-state index contributed by atoms with van der Waals surface area (Å²) in [4.78, 5) is 4.92. The Labute approximate surface area is 120 Å². The van der Waals surface area contributed by atoms with Gasteiger partial charge in [0.15, 0.2) is 0 Å². The maximum Gasteiger partial charge on any atom is 0.116 e. The first-order valence-electron chi connectivity index (χ1n) is 7.46. The largest absolute Gasteiger partial charge is 0.379 e. The zero-order valence-corrected chi connectivity index (χ0v) is 12.5. The van der Waals surface area contributed by atoms with Crippen LogP contribution < -0.4 is 5.32 Å². The highest BCUT2D eigenvalue weighted by molar-refractivity contribution is 5.77. The molecular formula is C16H23N3O. The molecule has 0 spiro atoms. The van der Waals surface area contributed by atoms with Crippen molar-refractivity contribution in [3.8, 4) is 0 Å². The number of aryl methyl sites for hydroxylation is 2. The van der Waals surface area contributed by atoms with E-state index in [0.29, 0.717) is 12.0 Å². The van der Waals surface area contributed by atoms with Gasteiger partial charge in [-0.25, -0.2) is 4.98 Å². The number of likely N-dealkylation sites (N-methyl/N-ethyl adjacent to an activating group) is 1. The number of fused-ring (bicyclic) bond motifs is 1. The minimum Gasteiger partial charge on any atom is -0.379 e.